The average molecular weight is 214 g/mol. The topological polar surface area (TPSA) is 0 Å². The van der Waals surface area contributed by atoms with Crippen LogP contribution in [0, 0.1) is 50.0 Å². The average Bonchev–Trinajstić information content (AvgIpc) is 1.98. The molecule has 0 nitrogen and oxygen atoms in total. The summed E-state index contributed by atoms with van der Waals surface area (Å²) < 4.78 is 0. The second-order valence-corrected chi connectivity index (χ2v) is 2.76. The van der Waals surface area contributed by atoms with E-state index in [1.807, 2.05) is 0 Å². The Labute approximate surface area is 100.0 Å². The van der Waals surface area contributed by atoms with Crippen molar-refractivity contribution in [1.29, 1.82) is 0 Å². The van der Waals surface area contributed by atoms with Gasteiger partial charge >= 0.3 is 21.7 Å². The minimum atomic E-state index is 0. The van der Waals surface area contributed by atoms with Crippen molar-refractivity contribution in [3.8, 4) is 0 Å². The molecule has 1 aromatic carbocycles. The van der Waals surface area contributed by atoms with E-state index in [-0.39, 0.29) is 44.0 Å². The molecule has 13 heavy (non-hydrogen) atoms. The van der Waals surface area contributed by atoms with Crippen LogP contribution < -0.4 is 0 Å². The molecule has 0 amide bonds. The molecule has 0 heterocycles. The van der Waals surface area contributed by atoms with Crippen molar-refractivity contribution in [3.05, 3.63) is 50.6 Å². The number of rotatable bonds is 0. The minimum absolute atomic E-state index is 0. The van der Waals surface area contributed by atoms with Gasteiger partial charge in [0.1, 0.15) is 0 Å². The summed E-state index contributed by atoms with van der Waals surface area (Å²) in [5, 5.41) is 0. The zero-order chi connectivity index (χ0) is 7.02. The molecule has 0 unspecified atom stereocenters. The molecule has 0 saturated heterocycles. The fraction of sp³-hybridized carbons (Fsp3) is 0.333. The Bertz CT molecular complexity index is 199. The van der Waals surface area contributed by atoms with E-state index < -0.39 is 0 Å². The van der Waals surface area contributed by atoms with E-state index in [4.69, 9.17) is 0 Å². The van der Waals surface area contributed by atoms with Gasteiger partial charge in [-0.05, 0) is 0 Å². The SMILES string of the molecule is Cc1[cH-]c(C)c(C)c1C.[CH3-].[CH3-].[CH3-].[Ti+4]. The van der Waals surface area contributed by atoms with Crippen LogP contribution in [0.4, 0.5) is 0 Å². The van der Waals surface area contributed by atoms with Crippen LogP contribution in [-0.4, -0.2) is 0 Å². The first kappa shape index (κ1) is 23.1. The molecule has 1 rings (SSSR count). The molecule has 0 saturated carbocycles. The van der Waals surface area contributed by atoms with Gasteiger partial charge in [-0.25, -0.2) is 0 Å². The molecule has 74 valence electrons. The van der Waals surface area contributed by atoms with Crippen LogP contribution in [0.5, 0.6) is 0 Å². The van der Waals surface area contributed by atoms with Crippen molar-refractivity contribution in [2.45, 2.75) is 27.7 Å². The second kappa shape index (κ2) is 8.65. The zero-order valence-electron chi connectivity index (χ0n) is 10.1. The summed E-state index contributed by atoms with van der Waals surface area (Å²) >= 11 is 0. The van der Waals surface area contributed by atoms with E-state index in [9.17, 15) is 0 Å². The Hall–Kier alpha value is 0.0643. The molecule has 0 spiro atoms. The predicted octanol–water partition coefficient (Wildman–Crippen LogP) is 3.99. The molecule has 0 aliphatic rings. The van der Waals surface area contributed by atoms with Crippen LogP contribution in [-0.2, 0) is 21.7 Å². The maximum atomic E-state index is 2.24. The van der Waals surface area contributed by atoms with Gasteiger partial charge in [0.05, 0.1) is 0 Å². The van der Waals surface area contributed by atoms with Gasteiger partial charge in [0.25, 0.3) is 0 Å². The number of aryl methyl sites for hydroxylation is 2. The third-order valence-electron chi connectivity index (χ3n) is 2.18. The molecule has 0 fully saturated rings. The van der Waals surface area contributed by atoms with Crippen molar-refractivity contribution < 1.29 is 21.7 Å². The van der Waals surface area contributed by atoms with Gasteiger partial charge in [0.15, 0.2) is 0 Å². The largest absolute Gasteiger partial charge is 4.00 e. The van der Waals surface area contributed by atoms with Crippen molar-refractivity contribution in [2.75, 3.05) is 0 Å². The molecule has 0 radical (unpaired) electrons. The maximum absolute atomic E-state index is 2.24. The number of hydrogen-bond donors (Lipinski definition) is 0. The van der Waals surface area contributed by atoms with Crippen LogP contribution in [0.1, 0.15) is 22.3 Å². The maximum Gasteiger partial charge on any atom is 4.00 e. The Balaban J connectivity index is -0.000000101. The van der Waals surface area contributed by atoms with Crippen molar-refractivity contribution in [2.24, 2.45) is 0 Å². The Morgan fingerprint density at radius 2 is 0.923 bits per heavy atom. The summed E-state index contributed by atoms with van der Waals surface area (Å²) in [6, 6.07) is 2.24. The molecular formula is C12H22Ti. The molecule has 1 aromatic rings. The van der Waals surface area contributed by atoms with Crippen molar-refractivity contribution >= 4 is 0 Å². The minimum Gasteiger partial charge on any atom is -0.358 e. The summed E-state index contributed by atoms with van der Waals surface area (Å²) in [7, 11) is 0. The molecular weight excluding hydrogens is 192 g/mol. The Morgan fingerprint density at radius 1 is 0.692 bits per heavy atom. The fourth-order valence-corrected chi connectivity index (χ4v) is 1.13. The molecule has 0 aliphatic carbocycles. The standard InChI is InChI=1S/C9H13.3CH3.Ti/c1-6-5-7(2)9(4)8(6)3;;;;/h5H,1-4H3;3*1H3;/q4*-1;+4. The van der Waals surface area contributed by atoms with Gasteiger partial charge in [-0.2, -0.15) is 28.3 Å². The molecule has 0 aliphatic heterocycles. The zero-order valence-corrected chi connectivity index (χ0v) is 11.6. The second-order valence-electron chi connectivity index (χ2n) is 2.76. The predicted molar refractivity (Wildman–Crippen MR) is 60.2 cm³/mol. The van der Waals surface area contributed by atoms with E-state index in [0.717, 1.165) is 0 Å². The van der Waals surface area contributed by atoms with E-state index >= 15 is 0 Å². The summed E-state index contributed by atoms with van der Waals surface area (Å²) in [6.45, 7) is 8.68. The van der Waals surface area contributed by atoms with Crippen LogP contribution >= 0.6 is 0 Å². The summed E-state index contributed by atoms with van der Waals surface area (Å²) in [5.41, 5.74) is 5.75. The molecule has 0 atom stereocenters. The smallest absolute Gasteiger partial charge is 0.358 e. The first-order valence-electron chi connectivity index (χ1n) is 3.33. The Kier molecular flexibility index (Phi) is 15.4. The van der Waals surface area contributed by atoms with Gasteiger partial charge in [0.2, 0.25) is 0 Å². The Morgan fingerprint density at radius 3 is 1.00 bits per heavy atom. The first-order chi connectivity index (χ1) is 4.13. The molecule has 0 aromatic heterocycles. The first-order valence-corrected chi connectivity index (χ1v) is 3.33. The van der Waals surface area contributed by atoms with Gasteiger partial charge in [0, 0.05) is 0 Å². The molecule has 1 heteroatoms. The summed E-state index contributed by atoms with van der Waals surface area (Å²) in [5.74, 6) is 0. The van der Waals surface area contributed by atoms with Crippen LogP contribution in [0.2, 0.25) is 0 Å². The van der Waals surface area contributed by atoms with E-state index in [2.05, 4.69) is 33.8 Å². The van der Waals surface area contributed by atoms with Crippen LogP contribution in [0.3, 0.4) is 0 Å². The van der Waals surface area contributed by atoms with Crippen LogP contribution in [0.15, 0.2) is 6.07 Å². The van der Waals surface area contributed by atoms with Crippen molar-refractivity contribution in [3.63, 3.8) is 0 Å². The van der Waals surface area contributed by atoms with Gasteiger partial charge < -0.3 is 22.3 Å². The normalized spacial score (nSPS) is 7.08. The number of hydrogen-bond acceptors (Lipinski definition) is 0. The molecule has 0 N–H and O–H groups in total. The summed E-state index contributed by atoms with van der Waals surface area (Å²) in [6.07, 6.45) is 0. The third-order valence-corrected chi connectivity index (χ3v) is 2.18. The summed E-state index contributed by atoms with van der Waals surface area (Å²) in [4.78, 5) is 0. The van der Waals surface area contributed by atoms with E-state index in [0.29, 0.717) is 0 Å². The monoisotopic (exact) mass is 214 g/mol. The molecule has 0 bridgehead atoms. The van der Waals surface area contributed by atoms with Crippen LogP contribution in [0.25, 0.3) is 0 Å². The fourth-order valence-electron chi connectivity index (χ4n) is 1.13. The van der Waals surface area contributed by atoms with Gasteiger partial charge in [-0.15, -0.1) is 0 Å². The third kappa shape index (κ3) is 4.74. The quantitative estimate of drug-likeness (QED) is 0.452. The van der Waals surface area contributed by atoms with Gasteiger partial charge in [-0.1, -0.05) is 27.7 Å². The van der Waals surface area contributed by atoms with Gasteiger partial charge in [-0.3, -0.25) is 0 Å². The van der Waals surface area contributed by atoms with Crippen molar-refractivity contribution in [1.82, 2.24) is 0 Å². The van der Waals surface area contributed by atoms with E-state index in [1.54, 1.807) is 0 Å². The van der Waals surface area contributed by atoms with E-state index in [1.165, 1.54) is 22.3 Å².